The second-order valence-corrected chi connectivity index (χ2v) is 8.07. The molecule has 1 aliphatic rings. The van der Waals surface area contributed by atoms with Crippen molar-refractivity contribution in [3.05, 3.63) is 65.2 Å². The van der Waals surface area contributed by atoms with Crippen molar-refractivity contribution in [2.75, 3.05) is 41.3 Å². The number of fused-ring (bicyclic) bond motifs is 1. The molecule has 1 aliphatic heterocycles. The van der Waals surface area contributed by atoms with Gasteiger partial charge in [-0.15, -0.1) is 24.0 Å². The first-order valence-electron chi connectivity index (χ1n) is 10.6. The van der Waals surface area contributed by atoms with Gasteiger partial charge in [-0.05, 0) is 23.8 Å². The monoisotopic (exact) mass is 565 g/mol. The number of hydrogen-bond donors (Lipinski definition) is 2. The summed E-state index contributed by atoms with van der Waals surface area (Å²) >= 11 is 0. The standard InChI is InChI=1S/C24H31N5O3.HI/c1-28(2)22(30)16-26-24(27-20-13-14-32-21-8-6-5-7-19(20)21)25-15-17-9-11-18(12-10-17)23(31)29(3)4;/h5-12,20H,13-16H2,1-4H3,(H2,25,26,27);1H. The van der Waals surface area contributed by atoms with Crippen molar-refractivity contribution in [2.24, 2.45) is 4.99 Å². The molecular weight excluding hydrogens is 533 g/mol. The quantitative estimate of drug-likeness (QED) is 0.320. The highest BCUT2D eigenvalue weighted by atomic mass is 127. The first-order valence-corrected chi connectivity index (χ1v) is 10.6. The lowest BCUT2D eigenvalue weighted by Crippen LogP contribution is -2.45. The summed E-state index contributed by atoms with van der Waals surface area (Å²) in [6.45, 7) is 1.16. The van der Waals surface area contributed by atoms with Crippen LogP contribution < -0.4 is 15.4 Å². The van der Waals surface area contributed by atoms with Crippen molar-refractivity contribution in [3.63, 3.8) is 0 Å². The van der Waals surface area contributed by atoms with Crippen LogP contribution in [0, 0.1) is 0 Å². The summed E-state index contributed by atoms with van der Waals surface area (Å²) in [5.74, 6) is 1.33. The molecule has 1 heterocycles. The molecule has 0 bridgehead atoms. The minimum atomic E-state index is -0.0431. The lowest BCUT2D eigenvalue weighted by atomic mass is 10.0. The first-order chi connectivity index (χ1) is 15.3. The van der Waals surface area contributed by atoms with E-state index in [9.17, 15) is 9.59 Å². The second-order valence-electron chi connectivity index (χ2n) is 8.07. The average molecular weight is 565 g/mol. The van der Waals surface area contributed by atoms with Gasteiger partial charge in [-0.1, -0.05) is 30.3 Å². The number of benzene rings is 2. The molecule has 8 nitrogen and oxygen atoms in total. The number of ether oxygens (including phenoxy) is 1. The number of carbonyl (C=O) groups excluding carboxylic acids is 2. The van der Waals surface area contributed by atoms with Gasteiger partial charge in [0.1, 0.15) is 5.75 Å². The highest BCUT2D eigenvalue weighted by Gasteiger charge is 2.22. The van der Waals surface area contributed by atoms with E-state index in [1.165, 1.54) is 4.90 Å². The van der Waals surface area contributed by atoms with Gasteiger partial charge in [-0.2, -0.15) is 0 Å². The van der Waals surface area contributed by atoms with Crippen LogP contribution in [-0.4, -0.2) is 68.9 Å². The third-order valence-electron chi connectivity index (χ3n) is 5.20. The van der Waals surface area contributed by atoms with Crippen molar-refractivity contribution in [3.8, 4) is 5.75 Å². The number of nitrogens with zero attached hydrogens (tertiary/aromatic N) is 3. The average Bonchev–Trinajstić information content (AvgIpc) is 2.80. The Hall–Kier alpha value is -2.82. The number of rotatable bonds is 6. The van der Waals surface area contributed by atoms with Crippen LogP contribution in [0.15, 0.2) is 53.5 Å². The number of amides is 2. The summed E-state index contributed by atoms with van der Waals surface area (Å²) in [5.41, 5.74) is 2.67. The number of halogens is 1. The molecule has 9 heteroatoms. The Balaban J connectivity index is 0.00000385. The Morgan fingerprint density at radius 3 is 2.39 bits per heavy atom. The predicted octanol–water partition coefficient (Wildman–Crippen LogP) is 2.65. The third kappa shape index (κ3) is 7.34. The van der Waals surface area contributed by atoms with Crippen LogP contribution in [0.2, 0.25) is 0 Å². The summed E-state index contributed by atoms with van der Waals surface area (Å²) in [7, 11) is 6.90. The molecule has 0 fully saturated rings. The second kappa shape index (κ2) is 12.4. The van der Waals surface area contributed by atoms with E-state index in [2.05, 4.69) is 15.6 Å². The van der Waals surface area contributed by atoms with Gasteiger partial charge in [0.25, 0.3) is 5.91 Å². The summed E-state index contributed by atoms with van der Waals surface area (Å²) in [6.07, 6.45) is 0.792. The van der Waals surface area contributed by atoms with E-state index in [4.69, 9.17) is 4.74 Å². The maximum atomic E-state index is 12.1. The number of likely N-dealkylation sites (N-methyl/N-ethyl adjacent to an activating group) is 1. The topological polar surface area (TPSA) is 86.3 Å². The lowest BCUT2D eigenvalue weighted by Gasteiger charge is -2.28. The van der Waals surface area contributed by atoms with E-state index in [0.29, 0.717) is 24.7 Å². The van der Waals surface area contributed by atoms with E-state index < -0.39 is 0 Å². The minimum absolute atomic E-state index is 0. The number of nitrogens with one attached hydrogen (secondary N) is 2. The van der Waals surface area contributed by atoms with Crippen LogP contribution in [0.4, 0.5) is 0 Å². The summed E-state index contributed by atoms with van der Waals surface area (Å²) in [5, 5.41) is 6.59. The zero-order chi connectivity index (χ0) is 23.1. The molecular formula is C24H32IN5O3. The molecule has 1 unspecified atom stereocenters. The number of carbonyl (C=O) groups is 2. The SMILES string of the molecule is CN(C)C(=O)CNC(=NCc1ccc(C(=O)N(C)C)cc1)NC1CCOc2ccccc21.I. The molecule has 1 atom stereocenters. The minimum Gasteiger partial charge on any atom is -0.493 e. The Bertz CT molecular complexity index is 976. The van der Waals surface area contributed by atoms with Gasteiger partial charge in [0, 0.05) is 45.7 Å². The largest absolute Gasteiger partial charge is 0.493 e. The zero-order valence-corrected chi connectivity index (χ0v) is 21.8. The molecule has 0 saturated heterocycles. The van der Waals surface area contributed by atoms with Gasteiger partial charge in [0.2, 0.25) is 5.91 Å². The van der Waals surface area contributed by atoms with Gasteiger partial charge in [-0.25, -0.2) is 4.99 Å². The maximum absolute atomic E-state index is 12.1. The fourth-order valence-electron chi connectivity index (χ4n) is 3.31. The molecule has 178 valence electrons. The number of aliphatic imine (C=N–C) groups is 1. The van der Waals surface area contributed by atoms with E-state index in [-0.39, 0.29) is 48.4 Å². The molecule has 2 amide bonds. The molecule has 0 radical (unpaired) electrons. The highest BCUT2D eigenvalue weighted by molar-refractivity contribution is 14.0. The molecule has 0 aliphatic carbocycles. The van der Waals surface area contributed by atoms with Crippen molar-refractivity contribution in [2.45, 2.75) is 19.0 Å². The molecule has 33 heavy (non-hydrogen) atoms. The normalized spacial score (nSPS) is 14.8. The summed E-state index contributed by atoms with van der Waals surface area (Å²) < 4.78 is 5.75. The number of guanidine groups is 1. The van der Waals surface area contributed by atoms with Gasteiger partial charge >= 0.3 is 0 Å². The number of para-hydroxylation sites is 1. The molecule has 3 rings (SSSR count). The van der Waals surface area contributed by atoms with Crippen LogP contribution in [0.3, 0.4) is 0 Å². The van der Waals surface area contributed by atoms with Crippen LogP contribution in [0.1, 0.15) is 33.9 Å². The van der Waals surface area contributed by atoms with Crippen LogP contribution in [0.5, 0.6) is 5.75 Å². The lowest BCUT2D eigenvalue weighted by molar-refractivity contribution is -0.127. The van der Waals surface area contributed by atoms with Crippen molar-refractivity contribution in [1.29, 1.82) is 0 Å². The van der Waals surface area contributed by atoms with Crippen molar-refractivity contribution < 1.29 is 14.3 Å². The molecule has 2 aromatic rings. The highest BCUT2D eigenvalue weighted by Crippen LogP contribution is 2.31. The van der Waals surface area contributed by atoms with Crippen LogP contribution in [-0.2, 0) is 11.3 Å². The first kappa shape index (κ1) is 26.4. The van der Waals surface area contributed by atoms with Gasteiger partial charge < -0.3 is 25.2 Å². The smallest absolute Gasteiger partial charge is 0.253 e. The third-order valence-corrected chi connectivity index (χ3v) is 5.20. The van der Waals surface area contributed by atoms with Crippen molar-refractivity contribution >= 4 is 41.8 Å². The maximum Gasteiger partial charge on any atom is 0.253 e. The molecule has 2 N–H and O–H groups in total. The van der Waals surface area contributed by atoms with E-state index in [0.717, 1.165) is 23.3 Å². The van der Waals surface area contributed by atoms with Gasteiger partial charge in [0.05, 0.1) is 25.7 Å². The van der Waals surface area contributed by atoms with Gasteiger partial charge in [-0.3, -0.25) is 9.59 Å². The zero-order valence-electron chi connectivity index (χ0n) is 19.5. The molecule has 0 aromatic heterocycles. The Kier molecular flexibility index (Phi) is 9.95. The molecule has 0 saturated carbocycles. The fourth-order valence-corrected chi connectivity index (χ4v) is 3.31. The molecule has 2 aromatic carbocycles. The predicted molar refractivity (Wildman–Crippen MR) is 140 cm³/mol. The van der Waals surface area contributed by atoms with E-state index in [1.54, 1.807) is 45.2 Å². The van der Waals surface area contributed by atoms with Crippen LogP contribution >= 0.6 is 24.0 Å². The summed E-state index contributed by atoms with van der Waals surface area (Å²) in [6, 6.07) is 15.4. The Labute approximate surface area is 212 Å². The molecule has 0 spiro atoms. The fraction of sp³-hybridized carbons (Fsp3) is 0.375. The Morgan fingerprint density at radius 1 is 1.03 bits per heavy atom. The van der Waals surface area contributed by atoms with Crippen molar-refractivity contribution in [1.82, 2.24) is 20.4 Å². The van der Waals surface area contributed by atoms with Gasteiger partial charge in [0.15, 0.2) is 5.96 Å². The Morgan fingerprint density at radius 2 is 1.73 bits per heavy atom. The summed E-state index contributed by atoms with van der Waals surface area (Å²) in [4.78, 5) is 31.9. The van der Waals surface area contributed by atoms with E-state index >= 15 is 0 Å². The number of hydrogen-bond acceptors (Lipinski definition) is 4. The van der Waals surface area contributed by atoms with E-state index in [1.807, 2.05) is 36.4 Å². The van der Waals surface area contributed by atoms with Crippen LogP contribution in [0.25, 0.3) is 0 Å².